The number of halogens is 1. The molecule has 3 nitrogen and oxygen atoms in total. The van der Waals surface area contributed by atoms with Gasteiger partial charge in [0.2, 0.25) is 5.88 Å². The topological polar surface area (TPSA) is 34.1 Å². The van der Waals surface area contributed by atoms with Crippen LogP contribution >= 0.6 is 11.6 Å². The van der Waals surface area contributed by atoms with Crippen molar-refractivity contribution in [3.63, 3.8) is 0 Å². The normalized spacial score (nSPS) is 10.5. The summed E-state index contributed by atoms with van der Waals surface area (Å²) in [5, 5.41) is 3.38. The Bertz CT molecular complexity index is 307. The van der Waals surface area contributed by atoms with Crippen LogP contribution in [-0.2, 0) is 6.54 Å². The van der Waals surface area contributed by atoms with E-state index in [-0.39, 0.29) is 0 Å². The highest BCUT2D eigenvalue weighted by molar-refractivity contribution is 6.17. The van der Waals surface area contributed by atoms with Crippen LogP contribution in [0.2, 0.25) is 0 Å². The van der Waals surface area contributed by atoms with Gasteiger partial charge in [0.05, 0.1) is 12.8 Å². The Balaban J connectivity index is 2.09. The van der Waals surface area contributed by atoms with Gasteiger partial charge in [-0.15, -0.1) is 11.6 Å². The number of unbranched alkanes of at least 4 members (excludes halogenated alkanes) is 3. The van der Waals surface area contributed by atoms with E-state index in [4.69, 9.17) is 16.3 Å². The van der Waals surface area contributed by atoms with Crippen LogP contribution in [-0.4, -0.2) is 24.5 Å². The molecule has 0 atom stereocenters. The zero-order chi connectivity index (χ0) is 12.3. The highest BCUT2D eigenvalue weighted by Gasteiger charge is 1.96. The average Bonchev–Trinajstić information content (AvgIpc) is 2.38. The van der Waals surface area contributed by atoms with Crippen LogP contribution < -0.4 is 10.1 Å². The van der Waals surface area contributed by atoms with Crippen LogP contribution in [0.5, 0.6) is 5.88 Å². The largest absolute Gasteiger partial charge is 0.481 e. The zero-order valence-corrected chi connectivity index (χ0v) is 11.2. The van der Waals surface area contributed by atoms with Crippen molar-refractivity contribution in [2.75, 3.05) is 19.5 Å². The number of rotatable bonds is 9. The molecular formula is C13H21ClN2O. The first-order valence-electron chi connectivity index (χ1n) is 6.13. The minimum Gasteiger partial charge on any atom is -0.481 e. The molecular weight excluding hydrogens is 236 g/mol. The van der Waals surface area contributed by atoms with E-state index in [0.717, 1.165) is 31.1 Å². The van der Waals surface area contributed by atoms with Gasteiger partial charge in [0.25, 0.3) is 0 Å². The molecule has 0 radical (unpaired) electrons. The third-order valence-electron chi connectivity index (χ3n) is 2.53. The summed E-state index contributed by atoms with van der Waals surface area (Å²) in [6.07, 6.45) is 4.79. The Kier molecular flexibility index (Phi) is 7.76. The first kappa shape index (κ1) is 14.3. The number of hydrogen-bond acceptors (Lipinski definition) is 3. The molecule has 0 unspecified atom stereocenters. The van der Waals surface area contributed by atoms with Crippen molar-refractivity contribution in [2.24, 2.45) is 0 Å². The molecule has 0 aliphatic rings. The third-order valence-corrected chi connectivity index (χ3v) is 2.80. The lowest BCUT2D eigenvalue weighted by Crippen LogP contribution is -2.15. The Morgan fingerprint density at radius 1 is 1.24 bits per heavy atom. The Hall–Kier alpha value is -0.800. The highest BCUT2D eigenvalue weighted by atomic mass is 35.5. The van der Waals surface area contributed by atoms with Crippen LogP contribution in [0.15, 0.2) is 18.2 Å². The molecule has 1 N–H and O–H groups in total. The highest BCUT2D eigenvalue weighted by Crippen LogP contribution is 2.06. The van der Waals surface area contributed by atoms with Crippen molar-refractivity contribution in [3.8, 4) is 5.88 Å². The van der Waals surface area contributed by atoms with Crippen molar-refractivity contribution in [2.45, 2.75) is 32.2 Å². The molecule has 1 aromatic heterocycles. The number of nitrogens with one attached hydrogen (secondary N) is 1. The molecule has 1 heterocycles. The molecule has 0 aromatic carbocycles. The minimum atomic E-state index is 0.673. The van der Waals surface area contributed by atoms with Gasteiger partial charge >= 0.3 is 0 Å². The molecule has 0 saturated carbocycles. The van der Waals surface area contributed by atoms with Gasteiger partial charge in [-0.3, -0.25) is 0 Å². The van der Waals surface area contributed by atoms with Crippen molar-refractivity contribution in [1.82, 2.24) is 10.3 Å². The van der Waals surface area contributed by atoms with E-state index < -0.39 is 0 Å². The number of pyridine rings is 1. The molecule has 0 bridgehead atoms. The van der Waals surface area contributed by atoms with Gasteiger partial charge in [-0.2, -0.15) is 0 Å². The number of ether oxygens (including phenoxy) is 1. The summed E-state index contributed by atoms with van der Waals surface area (Å²) in [5.74, 6) is 1.45. The van der Waals surface area contributed by atoms with Crippen molar-refractivity contribution in [3.05, 3.63) is 23.9 Å². The second kappa shape index (κ2) is 9.25. The van der Waals surface area contributed by atoms with E-state index in [1.54, 1.807) is 7.11 Å². The number of hydrogen-bond donors (Lipinski definition) is 1. The molecule has 1 aromatic rings. The van der Waals surface area contributed by atoms with Crippen LogP contribution in [0, 0.1) is 0 Å². The Labute approximate surface area is 109 Å². The summed E-state index contributed by atoms with van der Waals surface area (Å²) in [6, 6.07) is 5.82. The fourth-order valence-electron chi connectivity index (χ4n) is 1.58. The van der Waals surface area contributed by atoms with Crippen LogP contribution in [0.1, 0.15) is 31.4 Å². The molecule has 0 aliphatic heterocycles. The van der Waals surface area contributed by atoms with Gasteiger partial charge in [0.1, 0.15) is 0 Å². The number of methoxy groups -OCH3 is 1. The summed E-state index contributed by atoms with van der Waals surface area (Å²) in [5.41, 5.74) is 1.02. The third kappa shape index (κ3) is 6.49. The van der Waals surface area contributed by atoms with Gasteiger partial charge < -0.3 is 10.1 Å². The first-order chi connectivity index (χ1) is 8.36. The predicted molar refractivity (Wildman–Crippen MR) is 71.7 cm³/mol. The molecule has 96 valence electrons. The van der Waals surface area contributed by atoms with Crippen LogP contribution in [0.25, 0.3) is 0 Å². The standard InChI is InChI=1S/C13H21ClN2O/c1-17-13-8-6-7-12(16-13)11-15-10-5-3-2-4-9-14/h6-8,15H,2-5,9-11H2,1H3. The SMILES string of the molecule is COc1cccc(CNCCCCCCCl)n1. The van der Waals surface area contributed by atoms with E-state index >= 15 is 0 Å². The molecule has 1 rings (SSSR count). The maximum atomic E-state index is 5.61. The monoisotopic (exact) mass is 256 g/mol. The summed E-state index contributed by atoms with van der Waals surface area (Å²) < 4.78 is 5.08. The fourth-order valence-corrected chi connectivity index (χ4v) is 1.77. The Morgan fingerprint density at radius 2 is 2.06 bits per heavy atom. The molecule has 17 heavy (non-hydrogen) atoms. The molecule has 4 heteroatoms. The van der Waals surface area contributed by atoms with Crippen LogP contribution in [0.3, 0.4) is 0 Å². The fraction of sp³-hybridized carbons (Fsp3) is 0.615. The van der Waals surface area contributed by atoms with Crippen molar-refractivity contribution < 1.29 is 4.74 Å². The Morgan fingerprint density at radius 3 is 2.82 bits per heavy atom. The van der Waals surface area contributed by atoms with Crippen molar-refractivity contribution >= 4 is 11.6 Å². The summed E-state index contributed by atoms with van der Waals surface area (Å²) >= 11 is 5.61. The molecule has 0 amide bonds. The van der Waals surface area contributed by atoms with Crippen LogP contribution in [0.4, 0.5) is 0 Å². The predicted octanol–water partition coefficient (Wildman–Crippen LogP) is 2.98. The van der Waals surface area contributed by atoms with Gasteiger partial charge in [-0.05, 0) is 25.5 Å². The van der Waals surface area contributed by atoms with E-state index in [2.05, 4.69) is 10.3 Å². The van der Waals surface area contributed by atoms with Crippen molar-refractivity contribution in [1.29, 1.82) is 0 Å². The minimum absolute atomic E-state index is 0.673. The van der Waals surface area contributed by atoms with E-state index in [1.807, 2.05) is 18.2 Å². The van der Waals surface area contributed by atoms with Gasteiger partial charge in [-0.1, -0.05) is 18.9 Å². The number of nitrogens with zero attached hydrogens (tertiary/aromatic N) is 1. The molecule has 0 saturated heterocycles. The van der Waals surface area contributed by atoms with E-state index in [9.17, 15) is 0 Å². The molecule has 0 aliphatic carbocycles. The summed E-state index contributed by atoms with van der Waals surface area (Å²) in [6.45, 7) is 1.83. The lowest BCUT2D eigenvalue weighted by atomic mass is 10.2. The number of alkyl halides is 1. The summed E-state index contributed by atoms with van der Waals surface area (Å²) in [4.78, 5) is 4.34. The van der Waals surface area contributed by atoms with Gasteiger partial charge in [0, 0.05) is 18.5 Å². The smallest absolute Gasteiger partial charge is 0.213 e. The number of aromatic nitrogens is 1. The molecule has 0 fully saturated rings. The first-order valence-corrected chi connectivity index (χ1v) is 6.67. The quantitative estimate of drug-likeness (QED) is 0.545. The van der Waals surface area contributed by atoms with Gasteiger partial charge in [0.15, 0.2) is 0 Å². The zero-order valence-electron chi connectivity index (χ0n) is 10.4. The lowest BCUT2D eigenvalue weighted by molar-refractivity contribution is 0.395. The van der Waals surface area contributed by atoms with E-state index in [1.165, 1.54) is 19.3 Å². The summed E-state index contributed by atoms with van der Waals surface area (Å²) in [7, 11) is 1.64. The van der Waals surface area contributed by atoms with Gasteiger partial charge in [-0.25, -0.2) is 4.98 Å². The van der Waals surface area contributed by atoms with E-state index in [0.29, 0.717) is 5.88 Å². The maximum absolute atomic E-state index is 5.61. The second-order valence-electron chi connectivity index (χ2n) is 3.95. The second-order valence-corrected chi connectivity index (χ2v) is 4.33. The molecule has 0 spiro atoms. The lowest BCUT2D eigenvalue weighted by Gasteiger charge is -2.05. The maximum Gasteiger partial charge on any atom is 0.213 e. The average molecular weight is 257 g/mol.